The fourth-order valence-electron chi connectivity index (χ4n) is 17.0. The molecule has 7 fully saturated rings. The van der Waals surface area contributed by atoms with E-state index in [0.29, 0.717) is 24.7 Å². The molecule has 4 aliphatic carbocycles. The van der Waals surface area contributed by atoms with E-state index >= 15 is 0 Å². The molecule has 90 heavy (non-hydrogen) atoms. The second-order valence-corrected chi connectivity index (χ2v) is 28.1. The number of aliphatic hydroxyl groups excluding tert-OH is 13. The van der Waals surface area contributed by atoms with Crippen LogP contribution >= 0.6 is 0 Å². The molecule has 0 aromatic heterocycles. The van der Waals surface area contributed by atoms with Gasteiger partial charge in [0.25, 0.3) is 0 Å². The molecule has 5 heterocycles. The number of hydrogen-bond donors (Lipinski definition) is 15. The van der Waals surface area contributed by atoms with Gasteiger partial charge in [-0.05, 0) is 111 Å². The van der Waals surface area contributed by atoms with Crippen LogP contribution in [0.15, 0.2) is 22.8 Å². The third kappa shape index (κ3) is 14.1. The minimum Gasteiger partial charge on any atom is -0.394 e. The maximum Gasteiger partial charge on any atom is 0.217 e. The summed E-state index contributed by atoms with van der Waals surface area (Å²) in [5, 5.41) is 147. The fourth-order valence-corrected chi connectivity index (χ4v) is 17.0. The molecule has 0 bridgehead atoms. The number of rotatable bonds is 20. The molecule has 514 valence electrons. The van der Waals surface area contributed by atoms with Crippen molar-refractivity contribution in [2.24, 2.45) is 39.9 Å². The first kappa shape index (κ1) is 71.5. The smallest absolute Gasteiger partial charge is 0.217 e. The number of carbonyl (C=O) groups excluding carboxylic acids is 3. The largest absolute Gasteiger partial charge is 0.394 e. The Morgan fingerprint density at radius 2 is 1.11 bits per heavy atom. The lowest BCUT2D eigenvalue weighted by Crippen LogP contribution is -2.68. The summed E-state index contributed by atoms with van der Waals surface area (Å²) in [6.45, 7) is 13.8. The molecule has 5 aliphatic heterocycles. The molecule has 2 amide bonds. The van der Waals surface area contributed by atoms with Crippen molar-refractivity contribution in [3.05, 3.63) is 22.8 Å². The average Bonchev–Trinajstić information content (AvgIpc) is 1.23. The zero-order valence-electron chi connectivity index (χ0n) is 52.8. The minimum atomic E-state index is -1.99. The van der Waals surface area contributed by atoms with Crippen molar-refractivity contribution in [1.29, 1.82) is 0 Å². The standard InChI is InChI=1S/C62H100N2O26/c1-25(2)18-29(70)19-26(3)31-11-12-32-30-10-13-39-60(6,7)40(15-17-62(39,9)33(30)14-16-61(31,32)8)88-59-53(47(75)38(24-82-59)87-55-41(63-27(4)68)48(76)43(71)34(20-65)83-55)89-56-42(64-28(5)69)49(77)46(74)37(86-56)23-81-58-54(51(79)45(73)36(22-67)85-58)90-57-52(80)50(78)44(72)35(21-66)84-57/h18,26,31-32,34-59,65-67,71-80H,10-17,19-24H2,1-9H3,(H,63,68)(H,64,69)/t26-,31+,32+,34-,35-,36-,37-,38+,39+,40+,41+,42+,43+,44-,45+,46+,47+,48-,49-,50+,51+,52+,53+,54+,55+,56+,57+,58-,59+,61+,62+/m1/s1. The molecule has 15 N–H and O–H groups in total. The van der Waals surface area contributed by atoms with E-state index in [2.05, 4.69) is 45.3 Å². The summed E-state index contributed by atoms with van der Waals surface area (Å²) < 4.78 is 61.9. The lowest BCUT2D eigenvalue weighted by molar-refractivity contribution is -0.379. The van der Waals surface area contributed by atoms with Crippen LogP contribution in [0.5, 0.6) is 0 Å². The number of hydrogen-bond acceptors (Lipinski definition) is 26. The van der Waals surface area contributed by atoms with Gasteiger partial charge in [0.1, 0.15) is 116 Å². The molecular weight excluding hydrogens is 1190 g/mol. The van der Waals surface area contributed by atoms with Gasteiger partial charge in [0, 0.05) is 20.3 Å². The summed E-state index contributed by atoms with van der Waals surface area (Å²) in [6, 6.07) is -3.06. The Morgan fingerprint density at radius 1 is 0.578 bits per heavy atom. The number of ketones is 1. The van der Waals surface area contributed by atoms with Gasteiger partial charge in [-0.15, -0.1) is 0 Å². The van der Waals surface area contributed by atoms with Crippen LogP contribution < -0.4 is 10.6 Å². The third-order valence-corrected chi connectivity index (χ3v) is 21.6. The Hall–Kier alpha value is -2.83. The third-order valence-electron chi connectivity index (χ3n) is 21.6. The van der Waals surface area contributed by atoms with Crippen LogP contribution in [-0.4, -0.2) is 270 Å². The van der Waals surface area contributed by atoms with E-state index in [0.717, 1.165) is 64.4 Å². The molecular formula is C62H100N2O26. The zero-order valence-corrected chi connectivity index (χ0v) is 52.8. The van der Waals surface area contributed by atoms with E-state index in [-0.39, 0.29) is 28.4 Å². The van der Waals surface area contributed by atoms with Gasteiger partial charge in [-0.25, -0.2) is 0 Å². The number of ether oxygens (including phenoxy) is 10. The second kappa shape index (κ2) is 28.9. The molecule has 5 saturated heterocycles. The normalized spacial score (nSPS) is 47.3. The number of carbonyl (C=O) groups is 3. The number of fused-ring (bicyclic) bond motifs is 4. The Labute approximate surface area is 524 Å². The van der Waals surface area contributed by atoms with Gasteiger partial charge in [-0.3, -0.25) is 14.4 Å². The first-order valence-corrected chi connectivity index (χ1v) is 31.9. The minimum absolute atomic E-state index is 0.0654. The van der Waals surface area contributed by atoms with Gasteiger partial charge in [0.05, 0.1) is 39.1 Å². The highest BCUT2D eigenvalue weighted by molar-refractivity contribution is 5.90. The fraction of sp³-hybridized carbons (Fsp3) is 0.887. The average molecular weight is 1290 g/mol. The van der Waals surface area contributed by atoms with Gasteiger partial charge < -0.3 is 124 Å². The second-order valence-electron chi connectivity index (χ2n) is 28.1. The number of nitrogens with one attached hydrogen (secondary N) is 2. The zero-order chi connectivity index (χ0) is 65.8. The molecule has 9 aliphatic rings. The van der Waals surface area contributed by atoms with Crippen LogP contribution in [-0.2, 0) is 61.8 Å². The van der Waals surface area contributed by atoms with E-state index in [4.69, 9.17) is 47.4 Å². The molecule has 9 rings (SSSR count). The maximum atomic E-state index is 13.0. The van der Waals surface area contributed by atoms with E-state index < -0.39 is 204 Å². The van der Waals surface area contributed by atoms with Crippen LogP contribution in [0.3, 0.4) is 0 Å². The molecule has 28 heteroatoms. The quantitative estimate of drug-likeness (QED) is 0.0436. The molecule has 0 aromatic rings. The van der Waals surface area contributed by atoms with Gasteiger partial charge in [-0.1, -0.05) is 51.3 Å². The summed E-state index contributed by atoms with van der Waals surface area (Å²) in [5.41, 5.74) is 3.39. The maximum absolute atomic E-state index is 13.0. The van der Waals surface area contributed by atoms with Gasteiger partial charge >= 0.3 is 0 Å². The number of allylic oxidation sites excluding steroid dienone is 4. The van der Waals surface area contributed by atoms with Crippen LogP contribution in [0.1, 0.15) is 120 Å². The summed E-state index contributed by atoms with van der Waals surface area (Å²) in [7, 11) is 0. The molecule has 28 nitrogen and oxygen atoms in total. The van der Waals surface area contributed by atoms with Crippen molar-refractivity contribution in [3.8, 4) is 0 Å². The van der Waals surface area contributed by atoms with E-state index in [1.165, 1.54) is 5.57 Å². The molecule has 2 saturated carbocycles. The summed E-state index contributed by atoms with van der Waals surface area (Å²) in [6.07, 6.45) is -29.4. The van der Waals surface area contributed by atoms with E-state index in [9.17, 15) is 80.8 Å². The predicted molar refractivity (Wildman–Crippen MR) is 309 cm³/mol. The van der Waals surface area contributed by atoms with Crippen molar-refractivity contribution in [2.45, 2.75) is 274 Å². The van der Waals surface area contributed by atoms with Crippen molar-refractivity contribution < 1.29 is 128 Å². The summed E-state index contributed by atoms with van der Waals surface area (Å²) in [4.78, 5) is 38.4. The first-order chi connectivity index (χ1) is 42.4. The molecule has 31 atom stereocenters. The topological polar surface area (TPSA) is 431 Å². The highest BCUT2D eigenvalue weighted by Crippen LogP contribution is 2.68. The van der Waals surface area contributed by atoms with Crippen LogP contribution in [0.4, 0.5) is 0 Å². The molecule has 0 spiro atoms. The number of amides is 2. The van der Waals surface area contributed by atoms with Crippen molar-refractivity contribution >= 4 is 17.6 Å². The van der Waals surface area contributed by atoms with Crippen molar-refractivity contribution in [2.75, 3.05) is 33.0 Å². The van der Waals surface area contributed by atoms with E-state index in [1.807, 2.05) is 13.8 Å². The monoisotopic (exact) mass is 1290 g/mol. The summed E-state index contributed by atoms with van der Waals surface area (Å²) >= 11 is 0. The first-order valence-electron chi connectivity index (χ1n) is 31.9. The SMILES string of the molecule is CC(=O)N[C@@H]1[C@H](O[C@@H]2[C@H](O[C@H]3CC[C@@]4(C)C5=C(CC[C@H]4C3(C)C)[C@@H]3CC[C@@H]([C@H](C)CC(=O)C=C(C)C)[C@]3(C)CC5)OC[C@H](O[C@@H]3O[C@H](CO)[C@H](O)[C@H](O)[C@@H]3NC(C)=O)[C@@H]2O)O[C@H](CO[C@@H]2O[C@H](CO)[C@H](O)[C@H](O)[C@@H]2O[C@@H]2O[C@H](CO)[C@@H](O)[C@H](O)[C@@H]2O)[C@H](O)[C@@H]1O. The van der Waals surface area contributed by atoms with Gasteiger partial charge in [0.15, 0.2) is 37.2 Å². The molecule has 0 aromatic carbocycles. The summed E-state index contributed by atoms with van der Waals surface area (Å²) in [5.74, 6) is -0.00445. The van der Waals surface area contributed by atoms with Crippen molar-refractivity contribution in [1.82, 2.24) is 10.6 Å². The van der Waals surface area contributed by atoms with Crippen LogP contribution in [0, 0.1) is 39.9 Å². The predicted octanol–water partition coefficient (Wildman–Crippen LogP) is -2.68. The van der Waals surface area contributed by atoms with Crippen LogP contribution in [0.2, 0.25) is 0 Å². The van der Waals surface area contributed by atoms with Crippen molar-refractivity contribution in [3.63, 3.8) is 0 Å². The Morgan fingerprint density at radius 3 is 1.71 bits per heavy atom. The molecule has 0 radical (unpaired) electrons. The highest BCUT2D eigenvalue weighted by atomic mass is 16.8. The van der Waals surface area contributed by atoms with E-state index in [1.54, 1.807) is 11.6 Å². The number of aliphatic hydroxyl groups is 13. The lowest BCUT2D eigenvalue weighted by Gasteiger charge is -2.61. The highest BCUT2D eigenvalue weighted by Gasteiger charge is 2.62. The molecule has 0 unspecified atom stereocenters. The Balaban J connectivity index is 0.984. The van der Waals surface area contributed by atoms with Crippen LogP contribution in [0.25, 0.3) is 0 Å². The Kier molecular flexibility index (Phi) is 22.9. The lowest BCUT2D eigenvalue weighted by atomic mass is 9.45. The van der Waals surface area contributed by atoms with Gasteiger partial charge in [-0.2, -0.15) is 0 Å². The van der Waals surface area contributed by atoms with Gasteiger partial charge in [0.2, 0.25) is 11.8 Å². The Bertz CT molecular complexity index is 2540.